The van der Waals surface area contributed by atoms with Crippen molar-refractivity contribution in [1.29, 1.82) is 0 Å². The summed E-state index contributed by atoms with van der Waals surface area (Å²) in [5.74, 6) is -0.145. The number of carbonyl (C=O) groups is 1. The Morgan fingerprint density at radius 1 is 1.00 bits per heavy atom. The van der Waals surface area contributed by atoms with E-state index in [4.69, 9.17) is 0 Å². The standard InChI is InChI=1S/C18H21NO3/c1-13(20)19-12-11-17(21)18(22)16-9-7-15(8-10-16)14-5-3-2-4-6-14/h2-10,17-18,21-22H,11-12H2,1H3,(H,19,20). The molecule has 2 atom stereocenters. The van der Waals surface area contributed by atoms with E-state index in [9.17, 15) is 15.0 Å². The van der Waals surface area contributed by atoms with Crippen molar-refractivity contribution in [3.63, 3.8) is 0 Å². The summed E-state index contributed by atoms with van der Waals surface area (Å²) < 4.78 is 0. The molecule has 0 aliphatic rings. The van der Waals surface area contributed by atoms with E-state index in [1.54, 1.807) is 0 Å². The van der Waals surface area contributed by atoms with Crippen molar-refractivity contribution in [2.45, 2.75) is 25.6 Å². The molecule has 0 aromatic heterocycles. The van der Waals surface area contributed by atoms with Gasteiger partial charge in [-0.05, 0) is 23.1 Å². The van der Waals surface area contributed by atoms with Gasteiger partial charge in [0.1, 0.15) is 6.10 Å². The molecule has 1 amide bonds. The van der Waals surface area contributed by atoms with Crippen LogP contribution in [0.25, 0.3) is 11.1 Å². The fourth-order valence-electron chi connectivity index (χ4n) is 2.28. The lowest BCUT2D eigenvalue weighted by atomic mass is 9.98. The topological polar surface area (TPSA) is 69.6 Å². The zero-order valence-corrected chi connectivity index (χ0v) is 12.6. The largest absolute Gasteiger partial charge is 0.390 e. The van der Waals surface area contributed by atoms with Crippen LogP contribution in [-0.2, 0) is 4.79 Å². The van der Waals surface area contributed by atoms with E-state index in [1.165, 1.54) is 6.92 Å². The highest BCUT2D eigenvalue weighted by molar-refractivity contribution is 5.72. The molecule has 2 unspecified atom stereocenters. The molecule has 0 fully saturated rings. The first-order chi connectivity index (χ1) is 10.6. The van der Waals surface area contributed by atoms with E-state index in [0.717, 1.165) is 11.1 Å². The van der Waals surface area contributed by atoms with Crippen molar-refractivity contribution in [3.05, 3.63) is 60.2 Å². The van der Waals surface area contributed by atoms with E-state index < -0.39 is 12.2 Å². The molecule has 116 valence electrons. The maximum atomic E-state index is 10.8. The second-order valence-corrected chi connectivity index (χ2v) is 5.27. The Kier molecular flexibility index (Phi) is 5.69. The lowest BCUT2D eigenvalue weighted by Crippen LogP contribution is -2.27. The van der Waals surface area contributed by atoms with Crippen LogP contribution >= 0.6 is 0 Å². The fraction of sp³-hybridized carbons (Fsp3) is 0.278. The van der Waals surface area contributed by atoms with Crippen molar-refractivity contribution in [1.82, 2.24) is 5.32 Å². The number of hydrogen-bond donors (Lipinski definition) is 3. The molecule has 3 N–H and O–H groups in total. The van der Waals surface area contributed by atoms with Crippen LogP contribution in [0.3, 0.4) is 0 Å². The maximum absolute atomic E-state index is 10.8. The van der Waals surface area contributed by atoms with E-state index in [2.05, 4.69) is 5.32 Å². The molecule has 4 nitrogen and oxygen atoms in total. The van der Waals surface area contributed by atoms with Crippen molar-refractivity contribution in [2.75, 3.05) is 6.54 Å². The van der Waals surface area contributed by atoms with E-state index in [1.807, 2.05) is 54.6 Å². The number of nitrogens with one attached hydrogen (secondary N) is 1. The third kappa shape index (κ3) is 4.41. The molecule has 0 spiro atoms. The summed E-state index contributed by atoms with van der Waals surface area (Å²) in [6.07, 6.45) is -1.56. The Balaban J connectivity index is 1.99. The van der Waals surface area contributed by atoms with Crippen LogP contribution in [0, 0.1) is 0 Å². The molecule has 0 aliphatic carbocycles. The molecule has 2 rings (SSSR count). The first kappa shape index (κ1) is 16.2. The number of hydrogen-bond acceptors (Lipinski definition) is 3. The Labute approximate surface area is 130 Å². The summed E-state index contributed by atoms with van der Waals surface area (Å²) >= 11 is 0. The summed E-state index contributed by atoms with van der Waals surface area (Å²) in [5, 5.41) is 22.7. The lowest BCUT2D eigenvalue weighted by molar-refractivity contribution is -0.119. The van der Waals surface area contributed by atoms with Crippen LogP contribution < -0.4 is 5.32 Å². The predicted molar refractivity (Wildman–Crippen MR) is 86.1 cm³/mol. The van der Waals surface area contributed by atoms with Crippen LogP contribution in [0.4, 0.5) is 0 Å². The third-order valence-corrected chi connectivity index (χ3v) is 3.54. The second kappa shape index (κ2) is 7.73. The molecule has 0 heterocycles. The molecule has 0 saturated heterocycles. The van der Waals surface area contributed by atoms with Crippen LogP contribution in [0.1, 0.15) is 25.0 Å². The third-order valence-electron chi connectivity index (χ3n) is 3.54. The molecule has 22 heavy (non-hydrogen) atoms. The minimum absolute atomic E-state index is 0.145. The van der Waals surface area contributed by atoms with E-state index >= 15 is 0 Å². The number of aliphatic hydroxyl groups excluding tert-OH is 2. The van der Waals surface area contributed by atoms with Gasteiger partial charge in [0.2, 0.25) is 5.91 Å². The van der Waals surface area contributed by atoms with Gasteiger partial charge in [0.15, 0.2) is 0 Å². The molecular formula is C18H21NO3. The summed E-state index contributed by atoms with van der Waals surface area (Å²) in [6, 6.07) is 17.4. The number of rotatable bonds is 6. The van der Waals surface area contributed by atoms with Gasteiger partial charge in [0, 0.05) is 13.5 Å². The van der Waals surface area contributed by atoms with E-state index in [-0.39, 0.29) is 5.91 Å². The minimum atomic E-state index is -0.960. The number of benzene rings is 2. The molecule has 2 aromatic carbocycles. The summed E-state index contributed by atoms with van der Waals surface area (Å²) in [7, 11) is 0. The summed E-state index contributed by atoms with van der Waals surface area (Å²) in [6.45, 7) is 1.76. The van der Waals surface area contributed by atoms with E-state index in [0.29, 0.717) is 18.5 Å². The Morgan fingerprint density at radius 3 is 2.18 bits per heavy atom. The first-order valence-electron chi connectivity index (χ1n) is 7.34. The number of amides is 1. The normalized spacial score (nSPS) is 13.4. The Bertz CT molecular complexity index is 595. The maximum Gasteiger partial charge on any atom is 0.216 e. The van der Waals surface area contributed by atoms with Crippen molar-refractivity contribution < 1.29 is 15.0 Å². The van der Waals surface area contributed by atoms with Gasteiger partial charge in [-0.3, -0.25) is 4.79 Å². The average Bonchev–Trinajstić information content (AvgIpc) is 2.54. The van der Waals surface area contributed by atoms with Crippen LogP contribution in [0.15, 0.2) is 54.6 Å². The summed E-state index contributed by atoms with van der Waals surface area (Å²) in [5.41, 5.74) is 2.83. The van der Waals surface area contributed by atoms with Gasteiger partial charge in [0.25, 0.3) is 0 Å². The monoisotopic (exact) mass is 299 g/mol. The quantitative estimate of drug-likeness (QED) is 0.766. The van der Waals surface area contributed by atoms with Gasteiger partial charge in [-0.15, -0.1) is 0 Å². The number of aliphatic hydroxyl groups is 2. The van der Waals surface area contributed by atoms with Gasteiger partial charge in [0.05, 0.1) is 6.10 Å². The molecule has 0 radical (unpaired) electrons. The molecule has 0 bridgehead atoms. The van der Waals surface area contributed by atoms with Gasteiger partial charge in [-0.2, -0.15) is 0 Å². The molecular weight excluding hydrogens is 278 g/mol. The van der Waals surface area contributed by atoms with Gasteiger partial charge in [-0.1, -0.05) is 54.6 Å². The van der Waals surface area contributed by atoms with Crippen molar-refractivity contribution in [3.8, 4) is 11.1 Å². The Hall–Kier alpha value is -2.17. The van der Waals surface area contributed by atoms with Crippen LogP contribution in [0.2, 0.25) is 0 Å². The molecule has 4 heteroatoms. The molecule has 0 aliphatic heterocycles. The van der Waals surface area contributed by atoms with Gasteiger partial charge >= 0.3 is 0 Å². The SMILES string of the molecule is CC(=O)NCCC(O)C(O)c1ccc(-c2ccccc2)cc1. The summed E-state index contributed by atoms with van der Waals surface area (Å²) in [4.78, 5) is 10.8. The zero-order chi connectivity index (χ0) is 15.9. The number of carbonyl (C=O) groups excluding carboxylic acids is 1. The highest BCUT2D eigenvalue weighted by Crippen LogP contribution is 2.24. The zero-order valence-electron chi connectivity index (χ0n) is 12.6. The second-order valence-electron chi connectivity index (χ2n) is 5.27. The van der Waals surface area contributed by atoms with Gasteiger partial charge in [-0.25, -0.2) is 0 Å². The van der Waals surface area contributed by atoms with Crippen molar-refractivity contribution >= 4 is 5.91 Å². The Morgan fingerprint density at radius 2 is 1.59 bits per heavy atom. The van der Waals surface area contributed by atoms with Crippen molar-refractivity contribution in [2.24, 2.45) is 0 Å². The molecule has 0 saturated carbocycles. The predicted octanol–water partition coefficient (Wildman–Crippen LogP) is 2.27. The van der Waals surface area contributed by atoms with Crippen LogP contribution in [-0.4, -0.2) is 28.8 Å². The highest BCUT2D eigenvalue weighted by Gasteiger charge is 2.18. The fourth-order valence-corrected chi connectivity index (χ4v) is 2.28. The van der Waals surface area contributed by atoms with Gasteiger partial charge < -0.3 is 15.5 Å². The molecule has 2 aromatic rings. The van der Waals surface area contributed by atoms with Crippen LogP contribution in [0.5, 0.6) is 0 Å². The average molecular weight is 299 g/mol. The lowest BCUT2D eigenvalue weighted by Gasteiger charge is -2.18. The minimum Gasteiger partial charge on any atom is -0.390 e. The highest BCUT2D eigenvalue weighted by atomic mass is 16.3. The smallest absolute Gasteiger partial charge is 0.216 e. The first-order valence-corrected chi connectivity index (χ1v) is 7.34.